The van der Waals surface area contributed by atoms with Gasteiger partial charge in [-0.15, -0.1) is 0 Å². The van der Waals surface area contributed by atoms with E-state index in [1.807, 2.05) is 67.6 Å². The third kappa shape index (κ3) is 3.74. The summed E-state index contributed by atoms with van der Waals surface area (Å²) in [4.78, 5) is 24.6. The molecule has 1 saturated heterocycles. The Bertz CT molecular complexity index is 1260. The molecule has 4 nitrogen and oxygen atoms in total. The van der Waals surface area contributed by atoms with E-state index in [4.69, 9.17) is 4.99 Å². The molecular weight excluding hydrogens is 434 g/mol. The Morgan fingerprint density at radius 2 is 1.66 bits per heavy atom. The van der Waals surface area contributed by atoms with Crippen LogP contribution in [0.2, 0.25) is 0 Å². The van der Waals surface area contributed by atoms with Gasteiger partial charge in [-0.25, -0.2) is 4.99 Å². The van der Waals surface area contributed by atoms with Gasteiger partial charge in [-0.2, -0.15) is 0 Å². The highest BCUT2D eigenvalue weighted by Crippen LogP contribution is 2.51. The third-order valence-corrected chi connectivity index (χ3v) is 7.76. The van der Waals surface area contributed by atoms with Gasteiger partial charge in [0.1, 0.15) is 9.93 Å². The molecule has 2 aliphatic heterocycles. The Kier molecular flexibility index (Phi) is 5.57. The first-order valence-corrected chi connectivity index (χ1v) is 12.2. The van der Waals surface area contributed by atoms with Crippen LogP contribution in [0.1, 0.15) is 18.1 Å². The van der Waals surface area contributed by atoms with Crippen molar-refractivity contribution < 1.29 is 4.79 Å². The summed E-state index contributed by atoms with van der Waals surface area (Å²) in [6, 6.07) is 24.4. The molecule has 0 saturated carbocycles. The van der Waals surface area contributed by atoms with Crippen LogP contribution < -0.4 is 9.80 Å². The van der Waals surface area contributed by atoms with Crippen LogP contribution in [0, 0.1) is 13.8 Å². The zero-order chi connectivity index (χ0) is 22.2. The Morgan fingerprint density at radius 1 is 0.875 bits per heavy atom. The number of aliphatic imine (C=N–C) groups is 1. The van der Waals surface area contributed by atoms with Crippen LogP contribution in [0.15, 0.2) is 92.6 Å². The number of aryl methyl sites for hydroxylation is 2. The Hall–Kier alpha value is -2.96. The van der Waals surface area contributed by atoms with Gasteiger partial charge in [-0.3, -0.25) is 9.69 Å². The van der Waals surface area contributed by atoms with E-state index >= 15 is 0 Å². The van der Waals surface area contributed by atoms with Crippen LogP contribution in [0.4, 0.5) is 17.1 Å². The third-order valence-electron chi connectivity index (χ3n) is 5.42. The zero-order valence-electron chi connectivity index (χ0n) is 18.2. The van der Waals surface area contributed by atoms with Crippen molar-refractivity contribution in [2.24, 2.45) is 4.99 Å². The van der Waals surface area contributed by atoms with Crippen LogP contribution in [-0.2, 0) is 4.79 Å². The molecule has 0 aromatic heterocycles. The number of carbonyl (C=O) groups is 1. The number of anilines is 2. The quantitative estimate of drug-likeness (QED) is 0.402. The van der Waals surface area contributed by atoms with Crippen molar-refractivity contribution in [3.8, 4) is 0 Å². The first-order chi connectivity index (χ1) is 15.5. The number of rotatable bonds is 3. The van der Waals surface area contributed by atoms with Crippen LogP contribution in [0.3, 0.4) is 0 Å². The maximum absolute atomic E-state index is 13.8. The Balaban J connectivity index is 1.63. The maximum Gasteiger partial charge on any atom is 0.274 e. The van der Waals surface area contributed by atoms with Gasteiger partial charge in [0.2, 0.25) is 0 Å². The van der Waals surface area contributed by atoms with Gasteiger partial charge in [-0.1, -0.05) is 53.7 Å². The standard InChI is InChI=1S/C26H23N3OS2/c1-4-28-21-10-5-6-11-22(21)31-25(28)23-24(30)29(20-9-7-8-18(3)16-20)26(32-23)27-19-14-12-17(2)13-15-19/h5-16H,4H2,1-3H3/b25-23-,27-26?. The molecule has 160 valence electrons. The van der Waals surface area contributed by atoms with Crippen molar-refractivity contribution in [3.63, 3.8) is 0 Å². The van der Waals surface area contributed by atoms with Gasteiger partial charge in [0.15, 0.2) is 5.17 Å². The minimum absolute atomic E-state index is 0.0276. The predicted molar refractivity (Wildman–Crippen MR) is 137 cm³/mol. The summed E-state index contributed by atoms with van der Waals surface area (Å²) in [7, 11) is 0. The molecule has 0 N–H and O–H groups in total. The molecule has 5 rings (SSSR count). The Labute approximate surface area is 197 Å². The van der Waals surface area contributed by atoms with Crippen LogP contribution in [-0.4, -0.2) is 17.6 Å². The molecule has 0 unspecified atom stereocenters. The molecule has 6 heteroatoms. The number of carbonyl (C=O) groups excluding carboxylic acids is 1. The van der Waals surface area contributed by atoms with E-state index in [-0.39, 0.29) is 5.91 Å². The van der Waals surface area contributed by atoms with Gasteiger partial charge in [0.05, 0.1) is 17.1 Å². The lowest BCUT2D eigenvalue weighted by atomic mass is 10.2. The summed E-state index contributed by atoms with van der Waals surface area (Å²) in [5, 5.41) is 1.66. The molecule has 0 spiro atoms. The largest absolute Gasteiger partial charge is 0.334 e. The second kappa shape index (κ2) is 8.52. The monoisotopic (exact) mass is 457 g/mol. The van der Waals surface area contributed by atoms with Crippen molar-refractivity contribution in [2.45, 2.75) is 25.7 Å². The fourth-order valence-electron chi connectivity index (χ4n) is 3.82. The summed E-state index contributed by atoms with van der Waals surface area (Å²) < 4.78 is 0. The van der Waals surface area contributed by atoms with Gasteiger partial charge in [0, 0.05) is 11.4 Å². The molecule has 3 aromatic rings. The first-order valence-electron chi connectivity index (χ1n) is 10.6. The molecule has 0 radical (unpaired) electrons. The number of benzene rings is 3. The molecule has 0 atom stereocenters. The fourth-order valence-corrected chi connectivity index (χ4v) is 6.21. The van der Waals surface area contributed by atoms with E-state index in [9.17, 15) is 4.79 Å². The van der Waals surface area contributed by atoms with Crippen molar-refractivity contribution in [1.29, 1.82) is 0 Å². The molecule has 1 amide bonds. The van der Waals surface area contributed by atoms with E-state index in [0.717, 1.165) is 39.1 Å². The Morgan fingerprint density at radius 3 is 2.41 bits per heavy atom. The highest BCUT2D eigenvalue weighted by atomic mass is 32.2. The number of thioether (sulfide) groups is 2. The van der Waals surface area contributed by atoms with E-state index in [2.05, 4.69) is 30.9 Å². The first kappa shape index (κ1) is 20.9. The molecule has 2 heterocycles. The number of amidine groups is 1. The maximum atomic E-state index is 13.8. The molecule has 3 aromatic carbocycles. The summed E-state index contributed by atoms with van der Waals surface area (Å²) in [6.07, 6.45) is 0. The average Bonchev–Trinajstić information content (AvgIpc) is 3.32. The summed E-state index contributed by atoms with van der Waals surface area (Å²) in [5.74, 6) is -0.0276. The van der Waals surface area contributed by atoms with Crippen LogP contribution >= 0.6 is 23.5 Å². The highest BCUT2D eigenvalue weighted by molar-refractivity contribution is 8.20. The number of para-hydroxylation sites is 1. The molecular formula is C26H23N3OS2. The number of fused-ring (bicyclic) bond motifs is 1. The van der Waals surface area contributed by atoms with Crippen LogP contribution in [0.25, 0.3) is 0 Å². The van der Waals surface area contributed by atoms with Crippen molar-refractivity contribution in [1.82, 2.24) is 0 Å². The lowest BCUT2D eigenvalue weighted by Crippen LogP contribution is -2.29. The van der Waals surface area contributed by atoms with E-state index in [1.165, 1.54) is 22.2 Å². The lowest BCUT2D eigenvalue weighted by molar-refractivity contribution is -0.113. The normalized spacial score (nSPS) is 19.2. The molecule has 0 aliphatic carbocycles. The van der Waals surface area contributed by atoms with E-state index in [1.54, 1.807) is 16.7 Å². The van der Waals surface area contributed by atoms with E-state index in [0.29, 0.717) is 5.17 Å². The number of nitrogens with zero attached hydrogens (tertiary/aromatic N) is 3. The summed E-state index contributed by atoms with van der Waals surface area (Å²) >= 11 is 3.12. The molecule has 2 aliphatic rings. The minimum Gasteiger partial charge on any atom is -0.334 e. The van der Waals surface area contributed by atoms with Gasteiger partial charge in [-0.05, 0) is 74.5 Å². The van der Waals surface area contributed by atoms with Crippen molar-refractivity contribution in [3.05, 3.63) is 93.9 Å². The van der Waals surface area contributed by atoms with Gasteiger partial charge < -0.3 is 4.90 Å². The van der Waals surface area contributed by atoms with Gasteiger partial charge in [0.25, 0.3) is 5.91 Å². The predicted octanol–water partition coefficient (Wildman–Crippen LogP) is 6.87. The topological polar surface area (TPSA) is 35.9 Å². The van der Waals surface area contributed by atoms with Crippen molar-refractivity contribution in [2.75, 3.05) is 16.3 Å². The van der Waals surface area contributed by atoms with E-state index < -0.39 is 0 Å². The zero-order valence-corrected chi connectivity index (χ0v) is 19.8. The number of amides is 1. The van der Waals surface area contributed by atoms with Gasteiger partial charge >= 0.3 is 0 Å². The van der Waals surface area contributed by atoms with Crippen molar-refractivity contribution >= 4 is 51.7 Å². The van der Waals surface area contributed by atoms with Crippen LogP contribution in [0.5, 0.6) is 0 Å². The molecule has 1 fully saturated rings. The second-order valence-electron chi connectivity index (χ2n) is 7.76. The number of hydrogen-bond donors (Lipinski definition) is 0. The minimum atomic E-state index is -0.0276. The lowest BCUT2D eigenvalue weighted by Gasteiger charge is -2.19. The fraction of sp³-hybridized carbons (Fsp3) is 0.154. The molecule has 32 heavy (non-hydrogen) atoms. The second-order valence-corrected chi connectivity index (χ2v) is 9.77. The molecule has 0 bridgehead atoms. The summed E-state index contributed by atoms with van der Waals surface area (Å²) in [5.41, 5.74) is 5.12. The SMILES string of the molecule is CCN1/C(=C2/SC(=Nc3ccc(C)cc3)N(c3cccc(C)c3)C2=O)Sc2ccccc21. The summed E-state index contributed by atoms with van der Waals surface area (Å²) in [6.45, 7) is 7.01. The average molecular weight is 458 g/mol. The smallest absolute Gasteiger partial charge is 0.274 e. The number of hydrogen-bond acceptors (Lipinski definition) is 5. The highest BCUT2D eigenvalue weighted by Gasteiger charge is 2.40.